The summed E-state index contributed by atoms with van der Waals surface area (Å²) < 4.78 is 5.43. The maximum Gasteiger partial charge on any atom is 0.247 e. The van der Waals surface area contributed by atoms with Crippen molar-refractivity contribution in [2.45, 2.75) is 26.1 Å². The van der Waals surface area contributed by atoms with Crippen LogP contribution < -0.4 is 11.1 Å². The van der Waals surface area contributed by atoms with Crippen molar-refractivity contribution in [2.75, 3.05) is 25.0 Å². The summed E-state index contributed by atoms with van der Waals surface area (Å²) in [5, 5.41) is 2.75. The van der Waals surface area contributed by atoms with Gasteiger partial charge < -0.3 is 15.8 Å². The molecule has 7 heteroatoms. The Bertz CT molecular complexity index is 617. The Hall–Kier alpha value is -2.25. The van der Waals surface area contributed by atoms with Crippen LogP contribution >= 0.6 is 0 Å². The molecule has 0 bridgehead atoms. The molecule has 1 aliphatic rings. The first-order chi connectivity index (χ1) is 10.8. The summed E-state index contributed by atoms with van der Waals surface area (Å²) in [7, 11) is 0. The average molecular weight is 319 g/mol. The summed E-state index contributed by atoms with van der Waals surface area (Å²) in [5.74, 6) is -0.813. The number of Topliss-reactive ketones (excluding diaryl/α,β-unsaturated/α-hetero) is 1. The second-order valence-electron chi connectivity index (χ2n) is 5.72. The Morgan fingerprint density at radius 1 is 1.35 bits per heavy atom. The fraction of sp³-hybridized carbons (Fsp3) is 0.438. The number of rotatable bonds is 5. The van der Waals surface area contributed by atoms with Gasteiger partial charge >= 0.3 is 0 Å². The topological polar surface area (TPSA) is 102 Å². The molecule has 0 saturated carbocycles. The first-order valence-corrected chi connectivity index (χ1v) is 7.43. The Morgan fingerprint density at radius 2 is 2.09 bits per heavy atom. The van der Waals surface area contributed by atoms with Gasteiger partial charge in [-0.25, -0.2) is 0 Å². The van der Waals surface area contributed by atoms with Crippen molar-refractivity contribution in [3.8, 4) is 0 Å². The zero-order valence-corrected chi connectivity index (χ0v) is 13.2. The summed E-state index contributed by atoms with van der Waals surface area (Å²) in [6.07, 6.45) is -0.873. The van der Waals surface area contributed by atoms with Gasteiger partial charge in [0, 0.05) is 24.3 Å². The van der Waals surface area contributed by atoms with Crippen LogP contribution in [0.1, 0.15) is 24.2 Å². The molecule has 124 valence electrons. The molecule has 1 aromatic carbocycles. The highest BCUT2D eigenvalue weighted by molar-refractivity contribution is 5.97. The van der Waals surface area contributed by atoms with E-state index in [-0.39, 0.29) is 24.3 Å². The van der Waals surface area contributed by atoms with Crippen molar-refractivity contribution in [1.29, 1.82) is 0 Å². The van der Waals surface area contributed by atoms with E-state index in [4.69, 9.17) is 10.5 Å². The van der Waals surface area contributed by atoms with E-state index in [0.717, 1.165) is 0 Å². The van der Waals surface area contributed by atoms with Crippen LogP contribution in [0.15, 0.2) is 24.3 Å². The zero-order chi connectivity index (χ0) is 17.0. The van der Waals surface area contributed by atoms with E-state index in [2.05, 4.69) is 5.32 Å². The van der Waals surface area contributed by atoms with Crippen LogP contribution in [0.4, 0.5) is 5.69 Å². The van der Waals surface area contributed by atoms with Gasteiger partial charge in [-0.1, -0.05) is 12.1 Å². The molecule has 0 aliphatic carbocycles. The van der Waals surface area contributed by atoms with Crippen LogP contribution in [0, 0.1) is 0 Å². The highest BCUT2D eigenvalue weighted by Gasteiger charge is 2.29. The minimum Gasteiger partial charge on any atom is -0.367 e. The number of carbonyl (C=O) groups excluding carboxylic acids is 3. The first-order valence-electron chi connectivity index (χ1n) is 7.43. The lowest BCUT2D eigenvalue weighted by Gasteiger charge is -2.34. The summed E-state index contributed by atoms with van der Waals surface area (Å²) in [5.41, 5.74) is 6.37. The quantitative estimate of drug-likeness (QED) is 0.765. The molecule has 1 unspecified atom stereocenters. The number of nitrogens with two attached hydrogens (primary N) is 1. The summed E-state index contributed by atoms with van der Waals surface area (Å²) >= 11 is 0. The number of hydrogen-bond acceptors (Lipinski definition) is 5. The van der Waals surface area contributed by atoms with Crippen LogP contribution in [0.25, 0.3) is 0 Å². The van der Waals surface area contributed by atoms with Gasteiger partial charge in [0.15, 0.2) is 5.78 Å². The highest BCUT2D eigenvalue weighted by Crippen LogP contribution is 2.13. The molecular weight excluding hydrogens is 298 g/mol. The van der Waals surface area contributed by atoms with Crippen molar-refractivity contribution in [2.24, 2.45) is 5.73 Å². The number of carbonyl (C=O) groups is 3. The lowest BCUT2D eigenvalue weighted by atomic mass is 10.1. The highest BCUT2D eigenvalue weighted by atomic mass is 16.5. The molecule has 0 aromatic heterocycles. The predicted molar refractivity (Wildman–Crippen MR) is 85.0 cm³/mol. The summed E-state index contributed by atoms with van der Waals surface area (Å²) in [6, 6.07) is 6.76. The molecular formula is C16H21N3O4. The third-order valence-corrected chi connectivity index (χ3v) is 3.57. The number of morpholine rings is 1. The smallest absolute Gasteiger partial charge is 0.247 e. The summed E-state index contributed by atoms with van der Waals surface area (Å²) in [4.78, 5) is 36.6. The van der Waals surface area contributed by atoms with Gasteiger partial charge in [-0.3, -0.25) is 19.3 Å². The first kappa shape index (κ1) is 17.1. The number of amides is 2. The lowest BCUT2D eigenvalue weighted by Crippen LogP contribution is -2.53. The monoisotopic (exact) mass is 319 g/mol. The molecule has 1 fully saturated rings. The van der Waals surface area contributed by atoms with Gasteiger partial charge in [0.05, 0.1) is 12.6 Å². The fourth-order valence-electron chi connectivity index (χ4n) is 2.54. The fourth-order valence-corrected chi connectivity index (χ4v) is 2.54. The molecule has 23 heavy (non-hydrogen) atoms. The van der Waals surface area contributed by atoms with Gasteiger partial charge in [-0.15, -0.1) is 0 Å². The van der Waals surface area contributed by atoms with Crippen molar-refractivity contribution in [1.82, 2.24) is 4.90 Å². The van der Waals surface area contributed by atoms with Crippen molar-refractivity contribution < 1.29 is 19.1 Å². The average Bonchev–Trinajstić information content (AvgIpc) is 2.46. The van der Waals surface area contributed by atoms with E-state index in [0.29, 0.717) is 24.3 Å². The van der Waals surface area contributed by atoms with E-state index >= 15 is 0 Å². The van der Waals surface area contributed by atoms with Gasteiger partial charge in [-0.05, 0) is 26.0 Å². The molecule has 7 nitrogen and oxygen atoms in total. The SMILES string of the molecule is CC(=O)c1cccc(NC(=O)CN2CC(C(N)=O)O[C@H](C)C2)c1. The molecule has 1 saturated heterocycles. The molecule has 0 spiro atoms. The number of hydrogen-bond donors (Lipinski definition) is 2. The number of benzene rings is 1. The van der Waals surface area contributed by atoms with E-state index in [1.165, 1.54) is 6.92 Å². The normalized spacial score (nSPS) is 21.7. The van der Waals surface area contributed by atoms with Gasteiger partial charge in [0.25, 0.3) is 0 Å². The lowest BCUT2D eigenvalue weighted by molar-refractivity contribution is -0.144. The maximum absolute atomic E-state index is 12.2. The van der Waals surface area contributed by atoms with Crippen molar-refractivity contribution >= 4 is 23.3 Å². The molecule has 1 aliphatic heterocycles. The number of nitrogens with zero attached hydrogens (tertiary/aromatic N) is 1. The van der Waals surface area contributed by atoms with E-state index in [1.807, 2.05) is 11.8 Å². The number of primary amides is 1. The van der Waals surface area contributed by atoms with Crippen molar-refractivity contribution in [3.05, 3.63) is 29.8 Å². The number of nitrogens with one attached hydrogen (secondary N) is 1. The van der Waals surface area contributed by atoms with Crippen LogP contribution in [-0.4, -0.2) is 54.3 Å². The third kappa shape index (κ3) is 4.87. The van der Waals surface area contributed by atoms with E-state index in [9.17, 15) is 14.4 Å². The Balaban J connectivity index is 1.95. The van der Waals surface area contributed by atoms with Gasteiger partial charge in [0.2, 0.25) is 11.8 Å². The zero-order valence-electron chi connectivity index (χ0n) is 13.2. The second kappa shape index (κ2) is 7.34. The molecule has 2 atom stereocenters. The molecule has 0 radical (unpaired) electrons. The second-order valence-corrected chi connectivity index (χ2v) is 5.72. The summed E-state index contributed by atoms with van der Waals surface area (Å²) in [6.45, 7) is 4.27. The third-order valence-electron chi connectivity index (χ3n) is 3.57. The molecule has 2 rings (SSSR count). The van der Waals surface area contributed by atoms with Crippen LogP contribution in [-0.2, 0) is 14.3 Å². The minimum absolute atomic E-state index is 0.0626. The maximum atomic E-state index is 12.2. The molecule has 3 N–H and O–H groups in total. The van der Waals surface area contributed by atoms with Gasteiger partial charge in [0.1, 0.15) is 6.10 Å². The number of anilines is 1. The molecule has 2 amide bonds. The largest absolute Gasteiger partial charge is 0.367 e. The predicted octanol–water partition coefficient (Wildman–Crippen LogP) is 0.402. The van der Waals surface area contributed by atoms with E-state index < -0.39 is 12.0 Å². The Labute approximate surface area is 134 Å². The Kier molecular flexibility index (Phi) is 5.46. The van der Waals surface area contributed by atoms with Crippen LogP contribution in [0.3, 0.4) is 0 Å². The van der Waals surface area contributed by atoms with Crippen LogP contribution in [0.5, 0.6) is 0 Å². The minimum atomic E-state index is -0.701. The standard InChI is InChI=1S/C16H21N3O4/c1-10-7-19(8-14(23-10)16(17)22)9-15(21)18-13-5-3-4-12(6-13)11(2)20/h3-6,10,14H,7-9H2,1-2H3,(H2,17,22)(H,18,21)/t10-,14?/m1/s1. The van der Waals surface area contributed by atoms with Crippen LogP contribution in [0.2, 0.25) is 0 Å². The molecule has 1 heterocycles. The Morgan fingerprint density at radius 3 is 2.74 bits per heavy atom. The van der Waals surface area contributed by atoms with Gasteiger partial charge in [-0.2, -0.15) is 0 Å². The van der Waals surface area contributed by atoms with Crippen molar-refractivity contribution in [3.63, 3.8) is 0 Å². The van der Waals surface area contributed by atoms with E-state index in [1.54, 1.807) is 24.3 Å². The number of ketones is 1. The number of ether oxygens (including phenoxy) is 1. The molecule has 1 aromatic rings.